The zero-order valence-corrected chi connectivity index (χ0v) is 18.2. The molecule has 1 saturated carbocycles. The fourth-order valence-electron chi connectivity index (χ4n) is 2.99. The van der Waals surface area contributed by atoms with Gasteiger partial charge in [0.25, 0.3) is 0 Å². The molecule has 3 atom stereocenters. The van der Waals surface area contributed by atoms with Crippen molar-refractivity contribution in [1.29, 1.82) is 0 Å². The molecular weight excluding hydrogens is 445 g/mol. The predicted molar refractivity (Wildman–Crippen MR) is 116 cm³/mol. The summed E-state index contributed by atoms with van der Waals surface area (Å²) in [4.78, 5) is 4.59. The van der Waals surface area contributed by atoms with Gasteiger partial charge in [-0.25, -0.2) is 4.99 Å². The second-order valence-corrected chi connectivity index (χ2v) is 6.47. The number of rotatable bonds is 8. The number of hydrogen-bond donors (Lipinski definition) is 3. The summed E-state index contributed by atoms with van der Waals surface area (Å²) in [5.41, 5.74) is 0. The molecule has 0 radical (unpaired) electrons. The highest BCUT2D eigenvalue weighted by molar-refractivity contribution is 14.0. The van der Waals surface area contributed by atoms with Crippen LogP contribution in [0.2, 0.25) is 0 Å². The van der Waals surface area contributed by atoms with Gasteiger partial charge in [0.05, 0.1) is 19.8 Å². The summed E-state index contributed by atoms with van der Waals surface area (Å²) in [6, 6.07) is 7.57. The molecule has 0 aromatic heterocycles. The van der Waals surface area contributed by atoms with E-state index in [1.165, 1.54) is 0 Å². The Morgan fingerprint density at radius 1 is 1.31 bits per heavy atom. The third-order valence-corrected chi connectivity index (χ3v) is 4.38. The number of aliphatic hydroxyl groups excluding tert-OH is 1. The molecule has 0 aliphatic heterocycles. The highest BCUT2D eigenvalue weighted by Gasteiger charge is 2.25. The van der Waals surface area contributed by atoms with E-state index in [0.717, 1.165) is 49.8 Å². The van der Waals surface area contributed by atoms with Gasteiger partial charge in [0.1, 0.15) is 17.6 Å². The molecule has 0 heterocycles. The van der Waals surface area contributed by atoms with Crippen molar-refractivity contribution in [1.82, 2.24) is 10.6 Å². The lowest BCUT2D eigenvalue weighted by molar-refractivity contribution is 0.134. The summed E-state index contributed by atoms with van der Waals surface area (Å²) in [5.74, 6) is 2.63. The molecule has 148 valence electrons. The van der Waals surface area contributed by atoms with Gasteiger partial charge in [0, 0.05) is 25.1 Å². The van der Waals surface area contributed by atoms with Gasteiger partial charge >= 0.3 is 0 Å². The molecule has 7 heteroatoms. The number of aliphatic hydroxyl groups is 1. The molecule has 0 bridgehead atoms. The minimum atomic E-state index is -0.189. The number of nitrogens with one attached hydrogen (secondary N) is 2. The van der Waals surface area contributed by atoms with Gasteiger partial charge in [0.2, 0.25) is 0 Å². The van der Waals surface area contributed by atoms with E-state index >= 15 is 0 Å². The average Bonchev–Trinajstić information content (AvgIpc) is 3.02. The van der Waals surface area contributed by atoms with E-state index in [4.69, 9.17) is 9.47 Å². The molecule has 2 rings (SSSR count). The normalized spacial score (nSPS) is 20.8. The Hall–Kier alpha value is -1.22. The average molecular weight is 477 g/mol. The van der Waals surface area contributed by atoms with E-state index in [0.29, 0.717) is 12.5 Å². The number of aliphatic imine (C=N–C) groups is 1. The summed E-state index contributed by atoms with van der Waals surface area (Å²) < 4.78 is 11.1. The third kappa shape index (κ3) is 7.57. The fraction of sp³-hybridized carbons (Fsp3) is 0.632. The van der Waals surface area contributed by atoms with Crippen molar-refractivity contribution in [2.45, 2.75) is 45.3 Å². The maximum Gasteiger partial charge on any atom is 0.191 e. The van der Waals surface area contributed by atoms with Crippen LogP contribution >= 0.6 is 24.0 Å². The van der Waals surface area contributed by atoms with Gasteiger partial charge < -0.3 is 25.2 Å². The second kappa shape index (κ2) is 12.2. The van der Waals surface area contributed by atoms with Gasteiger partial charge in [-0.2, -0.15) is 0 Å². The van der Waals surface area contributed by atoms with Crippen LogP contribution in [0.1, 0.15) is 33.1 Å². The Bertz CT molecular complexity index is 557. The fourth-order valence-corrected chi connectivity index (χ4v) is 2.99. The van der Waals surface area contributed by atoms with Gasteiger partial charge in [0.15, 0.2) is 5.96 Å². The molecule has 3 N–H and O–H groups in total. The molecule has 1 aromatic rings. The Morgan fingerprint density at radius 3 is 2.73 bits per heavy atom. The molecule has 6 nitrogen and oxygen atoms in total. The molecule has 0 amide bonds. The van der Waals surface area contributed by atoms with Crippen LogP contribution in [0.4, 0.5) is 0 Å². The van der Waals surface area contributed by atoms with Crippen molar-refractivity contribution in [3.63, 3.8) is 0 Å². The van der Waals surface area contributed by atoms with Crippen molar-refractivity contribution < 1.29 is 14.6 Å². The Balaban J connectivity index is 0.00000338. The zero-order valence-electron chi connectivity index (χ0n) is 15.9. The van der Waals surface area contributed by atoms with Gasteiger partial charge in [-0.3, -0.25) is 0 Å². The summed E-state index contributed by atoms with van der Waals surface area (Å²) >= 11 is 0. The molecule has 3 unspecified atom stereocenters. The van der Waals surface area contributed by atoms with Crippen molar-refractivity contribution in [2.24, 2.45) is 10.9 Å². The van der Waals surface area contributed by atoms with Crippen molar-refractivity contribution in [2.75, 3.05) is 26.7 Å². The first-order valence-electron chi connectivity index (χ1n) is 9.13. The molecular formula is C19H32IN3O3. The van der Waals surface area contributed by atoms with E-state index in [1.54, 1.807) is 7.11 Å². The highest BCUT2D eigenvalue weighted by Crippen LogP contribution is 2.24. The quantitative estimate of drug-likeness (QED) is 0.305. The van der Waals surface area contributed by atoms with E-state index in [-0.39, 0.29) is 36.2 Å². The van der Waals surface area contributed by atoms with E-state index < -0.39 is 0 Å². The number of benzene rings is 1. The van der Waals surface area contributed by atoms with Crippen LogP contribution < -0.4 is 20.1 Å². The molecule has 1 aromatic carbocycles. The summed E-state index contributed by atoms with van der Waals surface area (Å²) in [6.45, 7) is 6.12. The standard InChI is InChI=1S/C19H31N3O3.HI/c1-4-20-19(22-13-15-7-5-10-18(15)23)21-12-14(2)25-17-9-6-8-16(11-17)24-3;/h6,8-9,11,14-15,18,23H,4-5,7,10,12-13H2,1-3H3,(H2,20,21,22);1H. The number of nitrogens with zero attached hydrogens (tertiary/aromatic N) is 1. The SMILES string of the molecule is CCNC(=NCC(C)Oc1cccc(OC)c1)NCC1CCCC1O.I. The first-order valence-corrected chi connectivity index (χ1v) is 9.13. The Labute approximate surface area is 173 Å². The largest absolute Gasteiger partial charge is 0.497 e. The molecule has 1 aliphatic rings. The molecule has 0 saturated heterocycles. The topological polar surface area (TPSA) is 75.1 Å². The third-order valence-electron chi connectivity index (χ3n) is 4.38. The van der Waals surface area contributed by atoms with Gasteiger partial charge in [-0.15, -0.1) is 24.0 Å². The van der Waals surface area contributed by atoms with Crippen LogP contribution in [0.3, 0.4) is 0 Å². The first-order chi connectivity index (χ1) is 12.1. The lowest BCUT2D eigenvalue weighted by atomic mass is 10.1. The van der Waals surface area contributed by atoms with Crippen molar-refractivity contribution in [3.8, 4) is 11.5 Å². The smallest absolute Gasteiger partial charge is 0.191 e. The molecule has 26 heavy (non-hydrogen) atoms. The van der Waals surface area contributed by atoms with E-state index in [2.05, 4.69) is 15.6 Å². The van der Waals surface area contributed by atoms with Crippen LogP contribution in [-0.4, -0.2) is 50.0 Å². The molecule has 1 fully saturated rings. The number of methoxy groups -OCH3 is 1. The maximum atomic E-state index is 9.93. The Kier molecular flexibility index (Phi) is 10.7. The molecule has 0 spiro atoms. The minimum Gasteiger partial charge on any atom is -0.497 e. The molecule has 1 aliphatic carbocycles. The number of hydrogen-bond acceptors (Lipinski definition) is 4. The van der Waals surface area contributed by atoms with E-state index in [1.807, 2.05) is 38.1 Å². The lowest BCUT2D eigenvalue weighted by Crippen LogP contribution is -2.41. The predicted octanol–water partition coefficient (Wildman–Crippen LogP) is 2.80. The van der Waals surface area contributed by atoms with Gasteiger partial charge in [-0.05, 0) is 38.8 Å². The van der Waals surface area contributed by atoms with Crippen LogP contribution in [0.25, 0.3) is 0 Å². The number of ether oxygens (including phenoxy) is 2. The summed E-state index contributed by atoms with van der Waals surface area (Å²) in [5, 5.41) is 16.5. The lowest BCUT2D eigenvalue weighted by Gasteiger charge is -2.18. The monoisotopic (exact) mass is 477 g/mol. The van der Waals surface area contributed by atoms with Gasteiger partial charge in [-0.1, -0.05) is 12.5 Å². The van der Waals surface area contributed by atoms with Crippen molar-refractivity contribution in [3.05, 3.63) is 24.3 Å². The zero-order chi connectivity index (χ0) is 18.1. The highest BCUT2D eigenvalue weighted by atomic mass is 127. The number of halogens is 1. The summed E-state index contributed by atoms with van der Waals surface area (Å²) in [7, 11) is 1.64. The Morgan fingerprint density at radius 2 is 2.08 bits per heavy atom. The van der Waals surface area contributed by atoms with Crippen LogP contribution in [0.5, 0.6) is 11.5 Å². The van der Waals surface area contributed by atoms with Crippen LogP contribution in [0.15, 0.2) is 29.3 Å². The van der Waals surface area contributed by atoms with Crippen LogP contribution in [0, 0.1) is 5.92 Å². The van der Waals surface area contributed by atoms with Crippen molar-refractivity contribution >= 4 is 29.9 Å². The first kappa shape index (κ1) is 22.8. The maximum absolute atomic E-state index is 9.93. The second-order valence-electron chi connectivity index (χ2n) is 6.47. The summed E-state index contributed by atoms with van der Waals surface area (Å²) in [6.07, 6.45) is 2.84. The minimum absolute atomic E-state index is 0. The number of guanidine groups is 1. The van der Waals surface area contributed by atoms with E-state index in [9.17, 15) is 5.11 Å². The van der Waals surface area contributed by atoms with Crippen LogP contribution in [-0.2, 0) is 0 Å².